The van der Waals surface area contributed by atoms with Gasteiger partial charge in [-0.15, -0.1) is 0 Å². The Morgan fingerprint density at radius 2 is 1.76 bits per heavy atom. The van der Waals surface area contributed by atoms with Crippen molar-refractivity contribution in [3.63, 3.8) is 0 Å². The van der Waals surface area contributed by atoms with Crippen LogP contribution in [0.2, 0.25) is 0 Å². The zero-order chi connectivity index (χ0) is 18.1. The number of rotatable bonds is 9. The monoisotopic (exact) mass is 343 g/mol. The summed E-state index contributed by atoms with van der Waals surface area (Å²) in [5.74, 6) is -0.787. The Bertz CT molecular complexity index is 729. The molecule has 6 nitrogen and oxygen atoms in total. The van der Waals surface area contributed by atoms with Gasteiger partial charge in [-0.25, -0.2) is 4.79 Å². The van der Waals surface area contributed by atoms with Gasteiger partial charge in [0.15, 0.2) is 0 Å². The van der Waals surface area contributed by atoms with Crippen molar-refractivity contribution in [1.29, 1.82) is 0 Å². The van der Waals surface area contributed by atoms with E-state index in [-0.39, 0.29) is 17.9 Å². The molecule has 132 valence electrons. The van der Waals surface area contributed by atoms with Crippen LogP contribution in [0.5, 0.6) is 5.75 Å². The largest absolute Gasteiger partial charge is 0.491 e. The van der Waals surface area contributed by atoms with Gasteiger partial charge in [0.25, 0.3) is 0 Å². The lowest BCUT2D eigenvalue weighted by Gasteiger charge is -2.13. The Morgan fingerprint density at radius 1 is 1.04 bits per heavy atom. The number of hydrogen-bond donors (Lipinski definition) is 2. The van der Waals surface area contributed by atoms with E-state index in [1.807, 2.05) is 6.07 Å². The molecule has 0 saturated heterocycles. The lowest BCUT2D eigenvalue weighted by Crippen LogP contribution is -2.17. The van der Waals surface area contributed by atoms with Crippen molar-refractivity contribution in [2.75, 3.05) is 25.6 Å². The summed E-state index contributed by atoms with van der Waals surface area (Å²) < 4.78 is 10.6. The second kappa shape index (κ2) is 9.44. The highest BCUT2D eigenvalue weighted by Crippen LogP contribution is 2.24. The molecule has 0 heterocycles. The first kappa shape index (κ1) is 18.5. The molecule has 0 aliphatic heterocycles. The Kier molecular flexibility index (Phi) is 6.98. The molecular weight excluding hydrogens is 322 g/mol. The van der Waals surface area contributed by atoms with E-state index < -0.39 is 5.97 Å². The van der Waals surface area contributed by atoms with Gasteiger partial charge in [0.1, 0.15) is 5.75 Å². The number of para-hydroxylation sites is 2. The number of nitrogens with one attached hydrogen (secondary N) is 1. The molecule has 0 aliphatic rings. The molecule has 0 spiro atoms. The second-order valence-corrected chi connectivity index (χ2v) is 5.38. The van der Waals surface area contributed by atoms with Crippen LogP contribution in [0.3, 0.4) is 0 Å². The number of carboxylic acid groups (broad SMARTS) is 1. The average molecular weight is 343 g/mol. The number of aromatic carboxylic acids is 1. The van der Waals surface area contributed by atoms with Crippen molar-refractivity contribution < 1.29 is 24.2 Å². The maximum Gasteiger partial charge on any atom is 0.335 e. The van der Waals surface area contributed by atoms with Crippen molar-refractivity contribution in [1.82, 2.24) is 0 Å². The van der Waals surface area contributed by atoms with Gasteiger partial charge in [0.2, 0.25) is 5.91 Å². The average Bonchev–Trinajstić information content (AvgIpc) is 2.60. The molecule has 2 N–H and O–H groups in total. The van der Waals surface area contributed by atoms with Gasteiger partial charge in [-0.05, 0) is 23.8 Å². The highest BCUT2D eigenvalue weighted by molar-refractivity contribution is 5.96. The van der Waals surface area contributed by atoms with E-state index in [9.17, 15) is 14.7 Å². The normalized spacial score (nSPS) is 10.3. The molecule has 0 radical (unpaired) electrons. The summed E-state index contributed by atoms with van der Waals surface area (Å²) in [6.45, 7) is 1.07. The fourth-order valence-corrected chi connectivity index (χ4v) is 2.33. The molecule has 0 fully saturated rings. The Labute approximate surface area is 146 Å². The van der Waals surface area contributed by atoms with E-state index in [1.54, 1.807) is 43.5 Å². The first-order valence-electron chi connectivity index (χ1n) is 7.93. The summed E-state index contributed by atoms with van der Waals surface area (Å²) in [7, 11) is 1.63. The first-order valence-corrected chi connectivity index (χ1v) is 7.93. The standard InChI is InChI=1S/C19H21NO5/c1-24-11-6-12-25-17-10-5-4-9-16(17)20-18(21)13-14-7-2-3-8-15(14)19(22)23/h2-5,7-10H,6,11-13H2,1H3,(H,20,21)(H,22,23). The predicted octanol–water partition coefficient (Wildman–Crippen LogP) is 2.98. The number of ether oxygens (including phenoxy) is 2. The minimum atomic E-state index is -1.05. The molecular formula is C19H21NO5. The molecule has 6 heteroatoms. The van der Waals surface area contributed by atoms with E-state index in [1.165, 1.54) is 6.07 Å². The van der Waals surface area contributed by atoms with Crippen LogP contribution in [0.1, 0.15) is 22.3 Å². The van der Waals surface area contributed by atoms with Gasteiger partial charge in [0, 0.05) is 20.1 Å². The van der Waals surface area contributed by atoms with Crippen LogP contribution in [0, 0.1) is 0 Å². The number of amides is 1. The Morgan fingerprint density at radius 3 is 2.52 bits per heavy atom. The maximum absolute atomic E-state index is 12.3. The van der Waals surface area contributed by atoms with Gasteiger partial charge in [-0.3, -0.25) is 4.79 Å². The van der Waals surface area contributed by atoms with Crippen molar-refractivity contribution >= 4 is 17.6 Å². The quantitative estimate of drug-likeness (QED) is 0.684. The molecule has 0 atom stereocenters. The van der Waals surface area contributed by atoms with Gasteiger partial charge in [-0.1, -0.05) is 30.3 Å². The summed E-state index contributed by atoms with van der Waals surface area (Å²) in [6, 6.07) is 13.6. The second-order valence-electron chi connectivity index (χ2n) is 5.38. The van der Waals surface area contributed by atoms with Gasteiger partial charge < -0.3 is 19.9 Å². The van der Waals surface area contributed by atoms with E-state index in [0.29, 0.717) is 30.2 Å². The Balaban J connectivity index is 2.02. The van der Waals surface area contributed by atoms with Crippen molar-refractivity contribution in [3.8, 4) is 5.75 Å². The molecule has 2 aromatic carbocycles. The van der Waals surface area contributed by atoms with Crippen molar-refractivity contribution in [2.24, 2.45) is 0 Å². The minimum absolute atomic E-state index is 0.0273. The summed E-state index contributed by atoms with van der Waals surface area (Å²) in [5, 5.41) is 12.0. The SMILES string of the molecule is COCCCOc1ccccc1NC(=O)Cc1ccccc1C(=O)O. The molecule has 0 unspecified atom stereocenters. The maximum atomic E-state index is 12.3. The predicted molar refractivity (Wildman–Crippen MR) is 94.2 cm³/mol. The van der Waals surface area contributed by atoms with Gasteiger partial charge >= 0.3 is 5.97 Å². The van der Waals surface area contributed by atoms with E-state index in [2.05, 4.69) is 5.32 Å². The summed E-state index contributed by atoms with van der Waals surface area (Å²) in [5.41, 5.74) is 1.14. The summed E-state index contributed by atoms with van der Waals surface area (Å²) >= 11 is 0. The van der Waals surface area contributed by atoms with Crippen LogP contribution < -0.4 is 10.1 Å². The molecule has 25 heavy (non-hydrogen) atoms. The fraction of sp³-hybridized carbons (Fsp3) is 0.263. The number of carboxylic acids is 1. The van der Waals surface area contributed by atoms with Crippen LogP contribution in [0.4, 0.5) is 5.69 Å². The molecule has 2 aromatic rings. The highest BCUT2D eigenvalue weighted by atomic mass is 16.5. The Hall–Kier alpha value is -2.86. The zero-order valence-electron chi connectivity index (χ0n) is 14.0. The third-order valence-electron chi connectivity index (χ3n) is 3.51. The lowest BCUT2D eigenvalue weighted by molar-refractivity contribution is -0.115. The number of carbonyl (C=O) groups excluding carboxylic acids is 1. The third kappa shape index (κ3) is 5.61. The van der Waals surface area contributed by atoms with Crippen LogP contribution in [0.25, 0.3) is 0 Å². The molecule has 2 rings (SSSR count). The third-order valence-corrected chi connectivity index (χ3v) is 3.51. The molecule has 0 bridgehead atoms. The number of carbonyl (C=O) groups is 2. The highest BCUT2D eigenvalue weighted by Gasteiger charge is 2.14. The van der Waals surface area contributed by atoms with E-state index >= 15 is 0 Å². The van der Waals surface area contributed by atoms with Gasteiger partial charge in [0.05, 0.1) is 24.3 Å². The topological polar surface area (TPSA) is 84.9 Å². The molecule has 0 aromatic heterocycles. The van der Waals surface area contributed by atoms with E-state index in [0.717, 1.165) is 6.42 Å². The van der Waals surface area contributed by atoms with Gasteiger partial charge in [-0.2, -0.15) is 0 Å². The van der Waals surface area contributed by atoms with Crippen LogP contribution in [-0.2, 0) is 16.0 Å². The molecule has 0 aliphatic carbocycles. The first-order chi connectivity index (χ1) is 12.1. The number of benzene rings is 2. The summed E-state index contributed by atoms with van der Waals surface area (Å²) in [4.78, 5) is 23.5. The van der Waals surface area contributed by atoms with Crippen LogP contribution >= 0.6 is 0 Å². The summed E-state index contributed by atoms with van der Waals surface area (Å²) in [6.07, 6.45) is 0.714. The zero-order valence-corrected chi connectivity index (χ0v) is 14.0. The fourth-order valence-electron chi connectivity index (χ4n) is 2.33. The lowest BCUT2D eigenvalue weighted by atomic mass is 10.0. The minimum Gasteiger partial charge on any atom is -0.491 e. The number of methoxy groups -OCH3 is 1. The van der Waals surface area contributed by atoms with Crippen molar-refractivity contribution in [2.45, 2.75) is 12.8 Å². The van der Waals surface area contributed by atoms with Crippen LogP contribution in [0.15, 0.2) is 48.5 Å². The van der Waals surface area contributed by atoms with E-state index in [4.69, 9.17) is 9.47 Å². The molecule has 0 saturated carbocycles. The number of hydrogen-bond acceptors (Lipinski definition) is 4. The van der Waals surface area contributed by atoms with Crippen LogP contribution in [-0.4, -0.2) is 37.3 Å². The number of anilines is 1. The van der Waals surface area contributed by atoms with Crippen molar-refractivity contribution in [3.05, 3.63) is 59.7 Å². The molecule has 1 amide bonds. The smallest absolute Gasteiger partial charge is 0.335 e.